The molecule has 32 heavy (non-hydrogen) atoms. The number of H-pyrrole nitrogens is 1. The van der Waals surface area contributed by atoms with Crippen molar-refractivity contribution in [3.05, 3.63) is 69.6 Å². The van der Waals surface area contributed by atoms with Gasteiger partial charge in [0.1, 0.15) is 11.1 Å². The Morgan fingerprint density at radius 3 is 2.81 bits per heavy atom. The molecule has 4 rings (SSSR count). The fourth-order valence-electron chi connectivity index (χ4n) is 2.92. The molecule has 12 heteroatoms. The van der Waals surface area contributed by atoms with E-state index < -0.39 is 23.1 Å². The highest BCUT2D eigenvalue weighted by Crippen LogP contribution is 2.28. The van der Waals surface area contributed by atoms with Crippen molar-refractivity contribution < 1.29 is 18.3 Å². The van der Waals surface area contributed by atoms with Gasteiger partial charge in [-0.3, -0.25) is 19.3 Å². The Bertz CT molecular complexity index is 1390. The minimum atomic E-state index is -1.12. The number of hydrogen-bond donors (Lipinski definition) is 2. The van der Waals surface area contributed by atoms with Crippen LogP contribution in [0.4, 0.5) is 14.5 Å². The van der Waals surface area contributed by atoms with Crippen LogP contribution in [0.5, 0.6) is 5.75 Å². The van der Waals surface area contributed by atoms with E-state index in [1.54, 1.807) is 12.1 Å². The Kier molecular flexibility index (Phi) is 6.10. The lowest BCUT2D eigenvalue weighted by molar-refractivity contribution is -0.113. The monoisotopic (exact) mass is 477 g/mol. The quantitative estimate of drug-likeness (QED) is 0.324. The topological polar surface area (TPSA) is 102 Å². The number of nitrogens with one attached hydrogen (secondary N) is 2. The van der Waals surface area contributed by atoms with Gasteiger partial charge in [0.15, 0.2) is 22.4 Å². The maximum atomic E-state index is 13.8. The van der Waals surface area contributed by atoms with Gasteiger partial charge in [-0.1, -0.05) is 23.4 Å². The van der Waals surface area contributed by atoms with E-state index >= 15 is 0 Å². The molecule has 1 amide bonds. The number of methoxy groups -OCH3 is 1. The molecular weight excluding hydrogens is 464 g/mol. The second kappa shape index (κ2) is 8.97. The van der Waals surface area contributed by atoms with Crippen molar-refractivity contribution in [2.24, 2.45) is 0 Å². The molecule has 0 radical (unpaired) electrons. The summed E-state index contributed by atoms with van der Waals surface area (Å²) in [6.45, 7) is 0. The van der Waals surface area contributed by atoms with Gasteiger partial charge < -0.3 is 10.1 Å². The first-order valence-corrected chi connectivity index (χ1v) is 10.4. The third kappa shape index (κ3) is 4.30. The minimum absolute atomic E-state index is 0.0592. The van der Waals surface area contributed by atoms with Gasteiger partial charge >= 0.3 is 0 Å². The summed E-state index contributed by atoms with van der Waals surface area (Å²) < 4.78 is 33.5. The second-order valence-corrected chi connectivity index (χ2v) is 7.83. The van der Waals surface area contributed by atoms with Crippen LogP contribution in [-0.4, -0.2) is 38.5 Å². The highest BCUT2D eigenvalue weighted by atomic mass is 35.5. The van der Waals surface area contributed by atoms with Crippen molar-refractivity contribution in [3.63, 3.8) is 0 Å². The summed E-state index contributed by atoms with van der Waals surface area (Å²) in [6, 6.07) is 7.80. The van der Waals surface area contributed by atoms with E-state index in [1.807, 2.05) is 0 Å². The Balaban J connectivity index is 1.65. The van der Waals surface area contributed by atoms with Crippen LogP contribution in [0.3, 0.4) is 0 Å². The van der Waals surface area contributed by atoms with Crippen molar-refractivity contribution in [3.8, 4) is 11.4 Å². The molecule has 0 aliphatic carbocycles. The van der Waals surface area contributed by atoms with Crippen LogP contribution in [-0.2, 0) is 4.79 Å². The molecule has 2 N–H and O–H groups in total. The van der Waals surface area contributed by atoms with E-state index in [0.29, 0.717) is 16.5 Å². The van der Waals surface area contributed by atoms with Gasteiger partial charge in [0.2, 0.25) is 5.91 Å². The van der Waals surface area contributed by atoms with E-state index in [4.69, 9.17) is 16.3 Å². The van der Waals surface area contributed by atoms with Crippen LogP contribution in [0.1, 0.15) is 0 Å². The molecule has 0 spiro atoms. The number of carbonyl (C=O) groups excluding carboxylic acids is 1. The number of aromatic amines is 1. The molecule has 2 heterocycles. The zero-order valence-corrected chi connectivity index (χ0v) is 17.9. The summed E-state index contributed by atoms with van der Waals surface area (Å²) in [7, 11) is 1.46. The maximum absolute atomic E-state index is 13.8. The van der Waals surface area contributed by atoms with E-state index in [1.165, 1.54) is 25.4 Å². The molecule has 8 nitrogen and oxygen atoms in total. The number of aromatic nitrogens is 4. The van der Waals surface area contributed by atoms with Crippen molar-refractivity contribution >= 4 is 46.0 Å². The van der Waals surface area contributed by atoms with Gasteiger partial charge in [0.05, 0.1) is 30.4 Å². The number of thioether (sulfide) groups is 1. The van der Waals surface area contributed by atoms with E-state index in [2.05, 4.69) is 20.5 Å². The molecule has 2 aromatic carbocycles. The molecule has 0 unspecified atom stereocenters. The summed E-state index contributed by atoms with van der Waals surface area (Å²) in [6.07, 6.45) is 1.29. The van der Waals surface area contributed by atoms with Gasteiger partial charge in [0.25, 0.3) is 5.56 Å². The van der Waals surface area contributed by atoms with E-state index in [0.717, 1.165) is 28.5 Å². The molecule has 0 fully saturated rings. The number of hydrogen-bond acceptors (Lipinski definition) is 6. The molecule has 0 aliphatic rings. The predicted octanol–water partition coefficient (Wildman–Crippen LogP) is 3.78. The molecule has 0 atom stereocenters. The number of fused-ring (bicyclic) bond motifs is 1. The molecule has 0 bridgehead atoms. The van der Waals surface area contributed by atoms with Crippen LogP contribution in [0.15, 0.2) is 52.5 Å². The minimum Gasteiger partial charge on any atom is -0.495 e. The van der Waals surface area contributed by atoms with Crippen LogP contribution in [0, 0.1) is 11.6 Å². The predicted molar refractivity (Wildman–Crippen MR) is 117 cm³/mol. The van der Waals surface area contributed by atoms with Crippen molar-refractivity contribution in [2.75, 3.05) is 18.2 Å². The number of rotatable bonds is 6. The van der Waals surface area contributed by atoms with Gasteiger partial charge in [-0.05, 0) is 30.3 Å². The highest BCUT2D eigenvalue weighted by molar-refractivity contribution is 7.99. The van der Waals surface area contributed by atoms with Gasteiger partial charge in [-0.2, -0.15) is 5.10 Å². The third-order valence-corrected chi connectivity index (χ3v) is 5.55. The fourth-order valence-corrected chi connectivity index (χ4v) is 3.89. The van der Waals surface area contributed by atoms with Crippen molar-refractivity contribution in [2.45, 2.75) is 5.16 Å². The molecular formula is C20H14ClF2N5O3S. The molecule has 0 saturated carbocycles. The lowest BCUT2D eigenvalue weighted by atomic mass is 10.3. The average molecular weight is 478 g/mol. The Morgan fingerprint density at radius 2 is 2.06 bits per heavy atom. The third-order valence-electron chi connectivity index (χ3n) is 4.38. The smallest absolute Gasteiger partial charge is 0.269 e. The van der Waals surface area contributed by atoms with Crippen molar-refractivity contribution in [1.82, 2.24) is 19.7 Å². The Labute approximate surface area is 188 Å². The molecule has 4 aromatic rings. The standard InChI is InChI=1S/C20H14ClF2N5O3S/c1-31-16-5-2-10(21)6-15(16)25-17(29)9-32-20-26-18-12(8-24-27-18)19(30)28(20)11-3-4-13(22)14(23)7-11/h2-8H,9H2,1H3,(H,24,27)(H,25,29). The number of ether oxygens (including phenoxy) is 1. The summed E-state index contributed by atoms with van der Waals surface area (Å²) in [4.78, 5) is 29.8. The summed E-state index contributed by atoms with van der Waals surface area (Å²) in [5, 5.41) is 9.73. The number of amides is 1. The van der Waals surface area contributed by atoms with Gasteiger partial charge in [-0.15, -0.1) is 0 Å². The zero-order chi connectivity index (χ0) is 22.8. The normalized spacial score (nSPS) is 11.0. The number of halogens is 3. The first-order valence-electron chi connectivity index (χ1n) is 9.05. The van der Waals surface area contributed by atoms with Crippen LogP contribution in [0.2, 0.25) is 5.02 Å². The SMILES string of the molecule is COc1ccc(Cl)cc1NC(=O)CSc1nc2[nH]ncc2c(=O)n1-c1ccc(F)c(F)c1. The Morgan fingerprint density at radius 1 is 1.25 bits per heavy atom. The lowest BCUT2D eigenvalue weighted by Crippen LogP contribution is -2.23. The fraction of sp³-hybridized carbons (Fsp3) is 0.100. The van der Waals surface area contributed by atoms with Crippen LogP contribution < -0.4 is 15.6 Å². The summed E-state index contributed by atoms with van der Waals surface area (Å²) >= 11 is 6.91. The van der Waals surface area contributed by atoms with Crippen molar-refractivity contribution in [1.29, 1.82) is 0 Å². The first-order chi connectivity index (χ1) is 15.4. The van der Waals surface area contributed by atoms with E-state index in [-0.39, 0.29) is 27.6 Å². The zero-order valence-electron chi connectivity index (χ0n) is 16.4. The Hall–Kier alpha value is -3.44. The number of carbonyl (C=O) groups is 1. The van der Waals surface area contributed by atoms with Gasteiger partial charge in [-0.25, -0.2) is 13.8 Å². The highest BCUT2D eigenvalue weighted by Gasteiger charge is 2.18. The number of nitrogens with zero attached hydrogens (tertiary/aromatic N) is 3. The van der Waals surface area contributed by atoms with Crippen LogP contribution >= 0.6 is 23.4 Å². The molecule has 0 saturated heterocycles. The summed E-state index contributed by atoms with van der Waals surface area (Å²) in [5.74, 6) is -2.33. The molecule has 164 valence electrons. The second-order valence-electron chi connectivity index (χ2n) is 6.45. The van der Waals surface area contributed by atoms with Crippen LogP contribution in [0.25, 0.3) is 16.7 Å². The molecule has 2 aromatic heterocycles. The number of benzene rings is 2. The molecule has 0 aliphatic heterocycles. The average Bonchev–Trinajstić information content (AvgIpc) is 3.24. The largest absolute Gasteiger partial charge is 0.495 e. The van der Waals surface area contributed by atoms with E-state index in [9.17, 15) is 18.4 Å². The maximum Gasteiger partial charge on any atom is 0.269 e. The number of anilines is 1. The lowest BCUT2D eigenvalue weighted by Gasteiger charge is -2.13. The summed E-state index contributed by atoms with van der Waals surface area (Å²) in [5.41, 5.74) is 0.0897. The van der Waals surface area contributed by atoms with Gasteiger partial charge in [0, 0.05) is 11.1 Å². The first kappa shape index (κ1) is 21.8.